The quantitative estimate of drug-likeness (QED) is 0.601. The molecule has 0 spiro atoms. The lowest BCUT2D eigenvalue weighted by Crippen LogP contribution is -2.45. The average Bonchev–Trinajstić information content (AvgIpc) is 2.80. The zero-order chi connectivity index (χ0) is 22.5. The number of para-hydroxylation sites is 1. The molecule has 166 valence electrons. The van der Waals surface area contributed by atoms with Gasteiger partial charge in [0.2, 0.25) is 0 Å². The number of aryl methyl sites for hydroxylation is 1. The van der Waals surface area contributed by atoms with E-state index >= 15 is 0 Å². The van der Waals surface area contributed by atoms with Crippen LogP contribution in [0, 0.1) is 12.7 Å². The number of hydrogen-bond donors (Lipinski definition) is 2. The van der Waals surface area contributed by atoms with Crippen molar-refractivity contribution in [1.82, 2.24) is 15.2 Å². The van der Waals surface area contributed by atoms with Crippen LogP contribution in [-0.4, -0.2) is 54.5 Å². The number of fused-ring (bicyclic) bond motifs is 1. The molecule has 1 aromatic heterocycles. The van der Waals surface area contributed by atoms with Crippen molar-refractivity contribution < 1.29 is 18.7 Å². The first kappa shape index (κ1) is 21.9. The van der Waals surface area contributed by atoms with Gasteiger partial charge in [0, 0.05) is 30.7 Å². The number of nitrogens with one attached hydrogen (secondary N) is 2. The predicted octanol–water partition coefficient (Wildman–Crippen LogP) is 2.81. The van der Waals surface area contributed by atoms with Crippen LogP contribution in [0.1, 0.15) is 17.3 Å². The van der Waals surface area contributed by atoms with Gasteiger partial charge in [0.1, 0.15) is 5.82 Å². The molecular weight excluding hydrogens is 411 g/mol. The lowest BCUT2D eigenvalue weighted by Gasteiger charge is -2.34. The zero-order valence-electron chi connectivity index (χ0n) is 17.8. The van der Waals surface area contributed by atoms with Gasteiger partial charge in [-0.25, -0.2) is 4.39 Å². The maximum Gasteiger partial charge on any atom is 0.313 e. The number of rotatable bonds is 5. The number of carbonyl (C=O) groups is 2. The van der Waals surface area contributed by atoms with Gasteiger partial charge in [0.25, 0.3) is 0 Å². The lowest BCUT2D eigenvalue weighted by atomic mass is 10.0. The lowest BCUT2D eigenvalue weighted by molar-refractivity contribution is -0.136. The van der Waals surface area contributed by atoms with Gasteiger partial charge in [-0.1, -0.05) is 30.3 Å². The highest BCUT2D eigenvalue weighted by Gasteiger charge is 2.25. The minimum Gasteiger partial charge on any atom is -0.379 e. The Bertz CT molecular complexity index is 1110. The molecule has 7 nitrogen and oxygen atoms in total. The van der Waals surface area contributed by atoms with Crippen molar-refractivity contribution in [3.8, 4) is 0 Å². The zero-order valence-corrected chi connectivity index (χ0v) is 17.8. The Balaban J connectivity index is 1.46. The smallest absolute Gasteiger partial charge is 0.313 e. The van der Waals surface area contributed by atoms with Crippen molar-refractivity contribution in [1.29, 1.82) is 0 Å². The van der Waals surface area contributed by atoms with Crippen LogP contribution in [-0.2, 0) is 14.3 Å². The van der Waals surface area contributed by atoms with E-state index in [0.717, 1.165) is 22.2 Å². The van der Waals surface area contributed by atoms with Gasteiger partial charge in [0.05, 0.1) is 30.5 Å². The Hall–Kier alpha value is -3.36. The highest BCUT2D eigenvalue weighted by atomic mass is 19.1. The predicted molar refractivity (Wildman–Crippen MR) is 120 cm³/mol. The summed E-state index contributed by atoms with van der Waals surface area (Å²) in [6.45, 7) is 4.59. The van der Waals surface area contributed by atoms with Crippen LogP contribution in [0.4, 0.5) is 10.1 Å². The van der Waals surface area contributed by atoms with Crippen molar-refractivity contribution in [3.63, 3.8) is 0 Å². The topological polar surface area (TPSA) is 83.6 Å². The second kappa shape index (κ2) is 9.84. The maximum atomic E-state index is 13.4. The van der Waals surface area contributed by atoms with Crippen LogP contribution in [0.3, 0.4) is 0 Å². The number of hydrogen-bond acceptors (Lipinski definition) is 5. The minimum absolute atomic E-state index is 0.194. The van der Waals surface area contributed by atoms with Crippen molar-refractivity contribution >= 4 is 28.4 Å². The highest BCUT2D eigenvalue weighted by molar-refractivity contribution is 6.40. The van der Waals surface area contributed by atoms with Crippen LogP contribution in [0.25, 0.3) is 10.9 Å². The van der Waals surface area contributed by atoms with E-state index in [1.807, 2.05) is 31.2 Å². The Kier molecular flexibility index (Phi) is 6.72. The number of benzene rings is 2. The molecule has 2 N–H and O–H groups in total. The number of pyridine rings is 1. The van der Waals surface area contributed by atoms with E-state index < -0.39 is 11.8 Å². The van der Waals surface area contributed by atoms with E-state index in [4.69, 9.17) is 4.74 Å². The van der Waals surface area contributed by atoms with Gasteiger partial charge >= 0.3 is 11.8 Å². The van der Waals surface area contributed by atoms with Gasteiger partial charge < -0.3 is 15.4 Å². The molecule has 0 aliphatic carbocycles. The number of carbonyl (C=O) groups excluding carboxylic acids is 2. The molecule has 0 radical (unpaired) electrons. The third kappa shape index (κ3) is 5.09. The third-order valence-corrected chi connectivity index (χ3v) is 5.50. The number of halogens is 1. The van der Waals surface area contributed by atoms with Crippen LogP contribution in [0.5, 0.6) is 0 Å². The van der Waals surface area contributed by atoms with Crippen molar-refractivity contribution in [2.24, 2.45) is 0 Å². The van der Waals surface area contributed by atoms with Gasteiger partial charge in [-0.2, -0.15) is 0 Å². The summed E-state index contributed by atoms with van der Waals surface area (Å²) in [7, 11) is 0. The summed E-state index contributed by atoms with van der Waals surface area (Å²) in [5.41, 5.74) is 2.89. The molecule has 1 atom stereocenters. The summed E-state index contributed by atoms with van der Waals surface area (Å²) >= 11 is 0. The van der Waals surface area contributed by atoms with E-state index in [2.05, 4.69) is 20.5 Å². The highest BCUT2D eigenvalue weighted by Crippen LogP contribution is 2.23. The number of nitrogens with zero attached hydrogens (tertiary/aromatic N) is 2. The van der Waals surface area contributed by atoms with Crippen molar-refractivity contribution in [2.45, 2.75) is 13.0 Å². The molecule has 3 aromatic rings. The molecule has 1 aliphatic rings. The monoisotopic (exact) mass is 436 g/mol. The molecule has 4 rings (SSSR count). The second-order valence-electron chi connectivity index (χ2n) is 7.71. The SMILES string of the molecule is Cc1cc(NC(=O)C(=O)NC[C@@H](c2ccc(F)cc2)N2CCOCC2)c2ccccc2n1. The number of anilines is 1. The molecule has 8 heteroatoms. The van der Waals surface area contributed by atoms with Gasteiger partial charge in [-0.3, -0.25) is 19.5 Å². The van der Waals surface area contributed by atoms with Gasteiger partial charge in [-0.15, -0.1) is 0 Å². The van der Waals surface area contributed by atoms with Crippen LogP contribution in [0.15, 0.2) is 54.6 Å². The fourth-order valence-electron chi connectivity index (χ4n) is 3.89. The fraction of sp³-hybridized carbons (Fsp3) is 0.292. The first-order valence-electron chi connectivity index (χ1n) is 10.5. The average molecular weight is 436 g/mol. The number of morpholine rings is 1. The maximum absolute atomic E-state index is 13.4. The minimum atomic E-state index is -0.749. The number of amides is 2. The molecular formula is C24H25FN4O3. The standard InChI is InChI=1S/C24H25FN4O3/c1-16-14-21(19-4-2-3-5-20(19)27-16)28-24(31)23(30)26-15-22(29-10-12-32-13-11-29)17-6-8-18(25)9-7-17/h2-9,14,22H,10-13,15H2,1H3,(H,26,30)(H,27,28,31)/t22-/m0/s1. The van der Waals surface area contributed by atoms with E-state index in [-0.39, 0.29) is 18.4 Å². The summed E-state index contributed by atoms with van der Waals surface area (Å²) < 4.78 is 18.8. The molecule has 1 saturated heterocycles. The van der Waals surface area contributed by atoms with Crippen LogP contribution >= 0.6 is 0 Å². The summed E-state index contributed by atoms with van der Waals surface area (Å²) in [6, 6.07) is 15.2. The Morgan fingerprint density at radius 1 is 1.09 bits per heavy atom. The second-order valence-corrected chi connectivity index (χ2v) is 7.71. The molecule has 32 heavy (non-hydrogen) atoms. The molecule has 2 heterocycles. The third-order valence-electron chi connectivity index (χ3n) is 5.50. The van der Waals surface area contributed by atoms with E-state index in [0.29, 0.717) is 32.0 Å². The number of ether oxygens (including phenoxy) is 1. The summed E-state index contributed by atoms with van der Waals surface area (Å²) in [5.74, 6) is -1.80. The molecule has 0 saturated carbocycles. The van der Waals surface area contributed by atoms with Crippen molar-refractivity contribution in [3.05, 3.63) is 71.7 Å². The first-order valence-corrected chi connectivity index (χ1v) is 10.5. The van der Waals surface area contributed by atoms with Gasteiger partial charge in [-0.05, 0) is 36.8 Å². The van der Waals surface area contributed by atoms with Crippen molar-refractivity contribution in [2.75, 3.05) is 38.2 Å². The fourth-order valence-corrected chi connectivity index (χ4v) is 3.89. The van der Waals surface area contributed by atoms with E-state index in [1.165, 1.54) is 12.1 Å². The molecule has 1 fully saturated rings. The molecule has 2 amide bonds. The molecule has 0 bridgehead atoms. The van der Waals surface area contributed by atoms with E-state index in [1.54, 1.807) is 18.2 Å². The number of aromatic nitrogens is 1. The normalized spacial score (nSPS) is 15.3. The van der Waals surface area contributed by atoms with E-state index in [9.17, 15) is 14.0 Å². The summed E-state index contributed by atoms with van der Waals surface area (Å²) in [5, 5.41) is 6.20. The largest absolute Gasteiger partial charge is 0.379 e. The summed E-state index contributed by atoms with van der Waals surface area (Å²) in [4.78, 5) is 31.8. The molecule has 1 aliphatic heterocycles. The Morgan fingerprint density at radius 3 is 2.56 bits per heavy atom. The first-order chi connectivity index (χ1) is 15.5. The molecule has 2 aromatic carbocycles. The Labute approximate surface area is 185 Å². The summed E-state index contributed by atoms with van der Waals surface area (Å²) in [6.07, 6.45) is 0. The molecule has 0 unspecified atom stereocenters. The van der Waals surface area contributed by atoms with Crippen LogP contribution < -0.4 is 10.6 Å². The van der Waals surface area contributed by atoms with Gasteiger partial charge in [0.15, 0.2) is 0 Å². The van der Waals surface area contributed by atoms with Crippen LogP contribution in [0.2, 0.25) is 0 Å². The Morgan fingerprint density at radius 2 is 1.81 bits per heavy atom.